The molecule has 31 heavy (non-hydrogen) atoms. The maximum Gasteiger partial charge on any atom is 0.305 e. The van der Waals surface area contributed by atoms with E-state index in [9.17, 15) is 4.79 Å². The molecule has 0 atom stereocenters. The number of rotatable bonds is 6. The molecule has 1 heterocycles. The Morgan fingerprint density at radius 2 is 1.94 bits per heavy atom. The number of para-hydroxylation sites is 1. The van der Waals surface area contributed by atoms with Crippen molar-refractivity contribution in [3.05, 3.63) is 40.8 Å². The van der Waals surface area contributed by atoms with Crippen LogP contribution in [0.4, 0.5) is 17.2 Å². The third kappa shape index (κ3) is 8.39. The molecule has 2 aromatic rings. The van der Waals surface area contributed by atoms with Gasteiger partial charge in [0.05, 0.1) is 18.0 Å². The minimum absolute atomic E-state index is 0.123. The molecule has 0 spiro atoms. The van der Waals surface area contributed by atoms with E-state index in [1.54, 1.807) is 13.8 Å². The van der Waals surface area contributed by atoms with Crippen molar-refractivity contribution in [3.8, 4) is 11.8 Å². The fourth-order valence-corrected chi connectivity index (χ4v) is 2.73. The summed E-state index contributed by atoms with van der Waals surface area (Å²) in [7, 11) is 1.94. The van der Waals surface area contributed by atoms with Crippen LogP contribution in [0.15, 0.2) is 29.3 Å². The number of aliphatic imine (C=N–C) groups is 1. The third-order valence-corrected chi connectivity index (χ3v) is 4.16. The van der Waals surface area contributed by atoms with Crippen molar-refractivity contribution in [2.45, 2.75) is 53.9 Å². The highest BCUT2D eigenvalue weighted by Gasteiger charge is 2.17. The molecule has 0 saturated carbocycles. The molecular formula is C24H31ClN4O2. The molecule has 7 heteroatoms. The van der Waals surface area contributed by atoms with Crippen LogP contribution in [-0.4, -0.2) is 35.8 Å². The summed E-state index contributed by atoms with van der Waals surface area (Å²) in [5.74, 6) is 6.86. The van der Waals surface area contributed by atoms with Crippen LogP contribution in [0.3, 0.4) is 0 Å². The van der Waals surface area contributed by atoms with E-state index >= 15 is 0 Å². The molecule has 0 N–H and O–H groups in total. The lowest BCUT2D eigenvalue weighted by atomic mass is 10.1. The van der Waals surface area contributed by atoms with Crippen molar-refractivity contribution in [3.63, 3.8) is 0 Å². The summed E-state index contributed by atoms with van der Waals surface area (Å²) in [5, 5.41) is 0.210. The first kappa shape index (κ1) is 26.1. The summed E-state index contributed by atoms with van der Waals surface area (Å²) in [6.45, 7) is 10.0. The van der Waals surface area contributed by atoms with Crippen LogP contribution in [-0.2, 0) is 9.53 Å². The first-order valence-corrected chi connectivity index (χ1v) is 10.8. The zero-order valence-corrected chi connectivity index (χ0v) is 20.0. The number of benzene rings is 1. The van der Waals surface area contributed by atoms with E-state index in [1.165, 1.54) is 0 Å². The second-order valence-electron chi connectivity index (χ2n) is 6.36. The van der Waals surface area contributed by atoms with Gasteiger partial charge in [-0.2, -0.15) is 4.98 Å². The van der Waals surface area contributed by atoms with Crippen LogP contribution in [0.2, 0.25) is 5.28 Å². The van der Waals surface area contributed by atoms with E-state index in [4.69, 9.17) is 11.6 Å². The Morgan fingerprint density at radius 1 is 1.23 bits per heavy atom. The average Bonchev–Trinajstić information content (AvgIpc) is 2.77. The number of carbonyl (C=O) groups excluding carboxylic acids is 1. The maximum atomic E-state index is 10.2. The SMILES string of the molecule is CCC#Cc1ccccc1N(C)c1nc(Cl)nc(C)c1N=CCC.CCOC(=O)CC. The highest BCUT2D eigenvalue weighted by molar-refractivity contribution is 6.28. The molecule has 0 aliphatic heterocycles. The van der Waals surface area contributed by atoms with Crippen molar-refractivity contribution in [2.75, 3.05) is 18.6 Å². The van der Waals surface area contributed by atoms with Crippen molar-refractivity contribution in [1.29, 1.82) is 0 Å². The van der Waals surface area contributed by atoms with Crippen LogP contribution in [0.5, 0.6) is 0 Å². The molecule has 0 amide bonds. The zero-order chi connectivity index (χ0) is 23.2. The van der Waals surface area contributed by atoms with Gasteiger partial charge in [-0.3, -0.25) is 9.79 Å². The largest absolute Gasteiger partial charge is 0.466 e. The molecule has 0 radical (unpaired) electrons. The highest BCUT2D eigenvalue weighted by Crippen LogP contribution is 2.35. The third-order valence-electron chi connectivity index (χ3n) is 3.99. The van der Waals surface area contributed by atoms with Gasteiger partial charge in [-0.05, 0) is 44.0 Å². The number of esters is 1. The number of aryl methyl sites for hydroxylation is 1. The van der Waals surface area contributed by atoms with Gasteiger partial charge in [0.1, 0.15) is 5.69 Å². The van der Waals surface area contributed by atoms with Gasteiger partial charge < -0.3 is 9.64 Å². The van der Waals surface area contributed by atoms with Gasteiger partial charge in [-0.25, -0.2) is 4.98 Å². The Balaban J connectivity index is 0.000000592. The number of hydrogen-bond donors (Lipinski definition) is 0. The number of carbonyl (C=O) groups is 1. The lowest BCUT2D eigenvalue weighted by Crippen LogP contribution is -2.14. The van der Waals surface area contributed by atoms with Gasteiger partial charge in [0.15, 0.2) is 5.82 Å². The predicted molar refractivity (Wildman–Crippen MR) is 129 cm³/mol. The minimum atomic E-state index is -0.123. The van der Waals surface area contributed by atoms with Gasteiger partial charge in [0.2, 0.25) is 5.28 Å². The average molecular weight is 443 g/mol. The molecule has 0 unspecified atom stereocenters. The van der Waals surface area contributed by atoms with Gasteiger partial charge in [-0.1, -0.05) is 44.7 Å². The van der Waals surface area contributed by atoms with Crippen molar-refractivity contribution < 1.29 is 9.53 Å². The molecule has 1 aromatic heterocycles. The van der Waals surface area contributed by atoms with Crippen molar-refractivity contribution in [2.24, 2.45) is 4.99 Å². The second kappa shape index (κ2) is 14.2. The molecule has 1 aromatic carbocycles. The lowest BCUT2D eigenvalue weighted by Gasteiger charge is -2.22. The number of nitrogens with zero attached hydrogens (tertiary/aromatic N) is 4. The van der Waals surface area contributed by atoms with E-state index in [0.717, 1.165) is 35.5 Å². The molecule has 0 aliphatic carbocycles. The molecule has 2 rings (SSSR count). The Morgan fingerprint density at radius 3 is 2.52 bits per heavy atom. The van der Waals surface area contributed by atoms with E-state index in [0.29, 0.717) is 18.8 Å². The number of aromatic nitrogens is 2. The highest BCUT2D eigenvalue weighted by atomic mass is 35.5. The Labute approximate surface area is 190 Å². The van der Waals surface area contributed by atoms with Crippen LogP contribution >= 0.6 is 11.6 Å². The standard InChI is InChI=1S/C19H21ClN4.C5H10O2/c1-5-7-10-15-11-8-9-12-16(15)24(4)18-17(21-13-6-2)14(3)22-19(20)23-18;1-3-5(6)7-4-2/h8-9,11-13H,5-6H2,1-4H3;3-4H2,1-2H3. The van der Waals surface area contributed by atoms with Gasteiger partial charge in [0, 0.05) is 31.7 Å². The fourth-order valence-electron chi connectivity index (χ4n) is 2.52. The molecule has 166 valence electrons. The molecule has 0 fully saturated rings. The molecular weight excluding hydrogens is 412 g/mol. The lowest BCUT2D eigenvalue weighted by molar-refractivity contribution is -0.142. The van der Waals surface area contributed by atoms with E-state index in [2.05, 4.69) is 31.5 Å². The van der Waals surface area contributed by atoms with Crippen molar-refractivity contribution in [1.82, 2.24) is 9.97 Å². The minimum Gasteiger partial charge on any atom is -0.466 e. The van der Waals surface area contributed by atoms with Gasteiger partial charge in [-0.15, -0.1) is 0 Å². The number of halogens is 1. The monoisotopic (exact) mass is 442 g/mol. The quantitative estimate of drug-likeness (QED) is 0.236. The Hall–Kier alpha value is -2.91. The summed E-state index contributed by atoms with van der Waals surface area (Å²) in [5.41, 5.74) is 3.38. The van der Waals surface area contributed by atoms with Crippen LogP contribution < -0.4 is 4.90 Å². The molecule has 0 bridgehead atoms. The number of ether oxygens (including phenoxy) is 1. The summed E-state index contributed by atoms with van der Waals surface area (Å²) >= 11 is 6.08. The van der Waals surface area contributed by atoms with E-state index in [1.807, 2.05) is 63.2 Å². The number of hydrogen-bond acceptors (Lipinski definition) is 6. The Kier molecular flexibility index (Phi) is 11.9. The van der Waals surface area contributed by atoms with E-state index in [-0.39, 0.29) is 11.3 Å². The number of anilines is 2. The zero-order valence-electron chi connectivity index (χ0n) is 19.2. The van der Waals surface area contributed by atoms with E-state index < -0.39 is 0 Å². The topological polar surface area (TPSA) is 67.7 Å². The summed E-state index contributed by atoms with van der Waals surface area (Å²) in [6.07, 6.45) is 3.97. The maximum absolute atomic E-state index is 10.2. The summed E-state index contributed by atoms with van der Waals surface area (Å²) in [6, 6.07) is 7.97. The first-order chi connectivity index (χ1) is 14.9. The van der Waals surface area contributed by atoms with Crippen molar-refractivity contribution >= 4 is 41.0 Å². The van der Waals surface area contributed by atoms with Crippen LogP contribution in [0.1, 0.15) is 58.2 Å². The van der Waals surface area contributed by atoms with Gasteiger partial charge >= 0.3 is 5.97 Å². The van der Waals surface area contributed by atoms with Crippen LogP contribution in [0.25, 0.3) is 0 Å². The summed E-state index contributed by atoms with van der Waals surface area (Å²) < 4.78 is 4.55. The van der Waals surface area contributed by atoms with Gasteiger partial charge in [0.25, 0.3) is 0 Å². The summed E-state index contributed by atoms with van der Waals surface area (Å²) in [4.78, 5) is 25.3. The smallest absolute Gasteiger partial charge is 0.305 e. The first-order valence-electron chi connectivity index (χ1n) is 10.4. The second-order valence-corrected chi connectivity index (χ2v) is 6.70. The normalized spacial score (nSPS) is 10.0. The van der Waals surface area contributed by atoms with Crippen LogP contribution in [0, 0.1) is 18.8 Å². The Bertz CT molecular complexity index is 948. The molecule has 0 aliphatic rings. The molecule has 0 saturated heterocycles. The predicted octanol–water partition coefficient (Wildman–Crippen LogP) is 6.04. The molecule has 6 nitrogen and oxygen atoms in total. The fraction of sp³-hybridized carbons (Fsp3) is 0.417.